The molecular weight excluding hydrogens is 227 g/mol. The number of hydrogen-bond acceptors (Lipinski definition) is 2. The number of likely N-dealkylation sites (tertiary alicyclic amines) is 1. The molecule has 3 heteroatoms. The Morgan fingerprint density at radius 2 is 1.50 bits per heavy atom. The lowest BCUT2D eigenvalue weighted by Crippen LogP contribution is -2.52. The third kappa shape index (κ3) is 2.51. The highest BCUT2D eigenvalue weighted by atomic mass is 19.1. The predicted molar refractivity (Wildman–Crippen MR) is 74.5 cm³/mol. The molecule has 0 aliphatic carbocycles. The molecule has 2 fully saturated rings. The van der Waals surface area contributed by atoms with Gasteiger partial charge in [0.25, 0.3) is 0 Å². The van der Waals surface area contributed by atoms with E-state index in [2.05, 4.69) is 16.8 Å². The molecule has 100 valence electrons. The second-order valence-electron chi connectivity index (χ2n) is 4.99. The van der Waals surface area contributed by atoms with Crippen molar-refractivity contribution in [2.75, 3.05) is 25.0 Å². The third-order valence-corrected chi connectivity index (χ3v) is 3.79. The zero-order chi connectivity index (χ0) is 13.1. The van der Waals surface area contributed by atoms with Crippen LogP contribution >= 0.6 is 0 Å². The molecule has 2 saturated heterocycles. The Balaban J connectivity index is 0.000000574. The van der Waals surface area contributed by atoms with Gasteiger partial charge in [-0.1, -0.05) is 13.8 Å². The van der Waals surface area contributed by atoms with Gasteiger partial charge in [-0.05, 0) is 44.2 Å². The van der Waals surface area contributed by atoms with Gasteiger partial charge in [0.1, 0.15) is 5.82 Å². The van der Waals surface area contributed by atoms with E-state index < -0.39 is 0 Å². The van der Waals surface area contributed by atoms with Crippen LogP contribution < -0.4 is 4.90 Å². The third-order valence-electron chi connectivity index (χ3n) is 3.79. The van der Waals surface area contributed by atoms with Crippen molar-refractivity contribution in [1.29, 1.82) is 0 Å². The maximum Gasteiger partial charge on any atom is 0.123 e. The lowest BCUT2D eigenvalue weighted by Gasteiger charge is -2.41. The average Bonchev–Trinajstić information content (AvgIpc) is 2.66. The largest absolute Gasteiger partial charge is 0.363 e. The Labute approximate surface area is 109 Å². The van der Waals surface area contributed by atoms with Crippen molar-refractivity contribution < 1.29 is 4.39 Å². The Bertz CT molecular complexity index is 363. The summed E-state index contributed by atoms with van der Waals surface area (Å²) in [7, 11) is 2.19. The summed E-state index contributed by atoms with van der Waals surface area (Å²) in [5.74, 6) is -0.148. The fourth-order valence-corrected chi connectivity index (χ4v) is 3.15. The first-order valence-electron chi connectivity index (χ1n) is 6.96. The number of rotatable bonds is 1. The van der Waals surface area contributed by atoms with Crippen LogP contribution in [0, 0.1) is 5.82 Å². The van der Waals surface area contributed by atoms with Crippen LogP contribution in [0.1, 0.15) is 26.7 Å². The first kappa shape index (κ1) is 13.3. The topological polar surface area (TPSA) is 6.48 Å². The molecule has 0 aromatic heterocycles. The number of benzene rings is 1. The van der Waals surface area contributed by atoms with E-state index in [-0.39, 0.29) is 5.82 Å². The Morgan fingerprint density at radius 3 is 2.00 bits per heavy atom. The van der Waals surface area contributed by atoms with E-state index in [0.29, 0.717) is 12.1 Å². The van der Waals surface area contributed by atoms with Gasteiger partial charge in [-0.3, -0.25) is 0 Å². The maximum absolute atomic E-state index is 12.9. The molecule has 0 amide bonds. The summed E-state index contributed by atoms with van der Waals surface area (Å²) in [4.78, 5) is 4.89. The van der Waals surface area contributed by atoms with E-state index in [1.807, 2.05) is 26.0 Å². The summed E-state index contributed by atoms with van der Waals surface area (Å²) in [6.07, 6.45) is 2.54. The van der Waals surface area contributed by atoms with E-state index in [4.69, 9.17) is 0 Å². The van der Waals surface area contributed by atoms with Crippen molar-refractivity contribution in [3.8, 4) is 0 Å². The Morgan fingerprint density at radius 1 is 1.00 bits per heavy atom. The first-order chi connectivity index (χ1) is 8.74. The number of likely N-dealkylation sites (N-methyl/N-ethyl adjacent to an activating group) is 1. The molecule has 0 N–H and O–H groups in total. The van der Waals surface area contributed by atoms with Crippen molar-refractivity contribution in [2.45, 2.75) is 38.8 Å². The molecule has 0 radical (unpaired) electrons. The summed E-state index contributed by atoms with van der Waals surface area (Å²) in [5.41, 5.74) is 1.18. The number of fused-ring (bicyclic) bond motifs is 2. The molecule has 2 heterocycles. The number of halogens is 1. The van der Waals surface area contributed by atoms with Gasteiger partial charge in [-0.25, -0.2) is 4.39 Å². The highest BCUT2D eigenvalue weighted by Crippen LogP contribution is 2.34. The smallest absolute Gasteiger partial charge is 0.123 e. The quantitative estimate of drug-likeness (QED) is 0.755. The van der Waals surface area contributed by atoms with E-state index in [1.165, 1.54) is 18.5 Å². The van der Waals surface area contributed by atoms with Crippen LogP contribution in [0.4, 0.5) is 10.1 Å². The molecule has 1 aromatic carbocycles. The second kappa shape index (κ2) is 5.70. The minimum absolute atomic E-state index is 0.148. The monoisotopic (exact) mass is 250 g/mol. The van der Waals surface area contributed by atoms with Crippen LogP contribution in [0.25, 0.3) is 0 Å². The van der Waals surface area contributed by atoms with E-state index in [9.17, 15) is 4.39 Å². The van der Waals surface area contributed by atoms with Crippen LogP contribution in [-0.2, 0) is 0 Å². The summed E-state index contributed by atoms with van der Waals surface area (Å²) < 4.78 is 12.9. The molecule has 1 aromatic rings. The number of anilines is 1. The van der Waals surface area contributed by atoms with Crippen molar-refractivity contribution in [3.05, 3.63) is 30.1 Å². The van der Waals surface area contributed by atoms with Gasteiger partial charge in [0.15, 0.2) is 0 Å². The van der Waals surface area contributed by atoms with Crippen molar-refractivity contribution in [3.63, 3.8) is 0 Å². The molecule has 0 spiro atoms. The van der Waals surface area contributed by atoms with Gasteiger partial charge < -0.3 is 9.80 Å². The second-order valence-corrected chi connectivity index (χ2v) is 4.99. The van der Waals surface area contributed by atoms with Gasteiger partial charge in [-0.2, -0.15) is 0 Å². The fourth-order valence-electron chi connectivity index (χ4n) is 3.15. The molecule has 0 saturated carbocycles. The lowest BCUT2D eigenvalue weighted by molar-refractivity contribution is 0.265. The molecule has 2 bridgehead atoms. The van der Waals surface area contributed by atoms with E-state index in [0.717, 1.165) is 13.1 Å². The molecule has 2 nitrogen and oxygen atoms in total. The van der Waals surface area contributed by atoms with E-state index >= 15 is 0 Å². The molecule has 18 heavy (non-hydrogen) atoms. The van der Waals surface area contributed by atoms with Crippen LogP contribution in [0.5, 0.6) is 0 Å². The van der Waals surface area contributed by atoms with Gasteiger partial charge in [0.05, 0.1) is 0 Å². The van der Waals surface area contributed by atoms with Gasteiger partial charge in [0.2, 0.25) is 0 Å². The van der Waals surface area contributed by atoms with Crippen molar-refractivity contribution in [1.82, 2.24) is 4.90 Å². The molecule has 2 aliphatic rings. The van der Waals surface area contributed by atoms with Crippen molar-refractivity contribution in [2.24, 2.45) is 0 Å². The fraction of sp³-hybridized carbons (Fsp3) is 0.600. The molecule has 3 rings (SSSR count). The average molecular weight is 250 g/mol. The van der Waals surface area contributed by atoms with Gasteiger partial charge >= 0.3 is 0 Å². The standard InChI is InChI=1S/C13H17FN2.C2H6/c1-15-8-12-6-7-13(9-15)16(12)11-4-2-10(14)3-5-11;1-2/h2-5,12-13H,6-9H2,1H3;1-2H3. The number of hydrogen-bond donors (Lipinski definition) is 0. The predicted octanol–water partition coefficient (Wildman–Crippen LogP) is 3.13. The maximum atomic E-state index is 12.9. The summed E-state index contributed by atoms with van der Waals surface area (Å²) in [5, 5.41) is 0. The summed E-state index contributed by atoms with van der Waals surface area (Å²) >= 11 is 0. The SMILES string of the molecule is CC.CN1CC2CCC(C1)N2c1ccc(F)cc1. The van der Waals surface area contributed by atoms with Gasteiger partial charge in [-0.15, -0.1) is 0 Å². The van der Waals surface area contributed by atoms with Gasteiger partial charge in [0, 0.05) is 30.9 Å². The minimum Gasteiger partial charge on any atom is -0.363 e. The Kier molecular flexibility index (Phi) is 4.23. The summed E-state index contributed by atoms with van der Waals surface area (Å²) in [6.45, 7) is 6.27. The van der Waals surface area contributed by atoms with E-state index in [1.54, 1.807) is 12.1 Å². The highest BCUT2D eigenvalue weighted by molar-refractivity contribution is 5.50. The lowest BCUT2D eigenvalue weighted by atomic mass is 10.1. The minimum atomic E-state index is -0.148. The molecule has 2 atom stereocenters. The van der Waals surface area contributed by atoms with Crippen LogP contribution in [-0.4, -0.2) is 37.1 Å². The van der Waals surface area contributed by atoms with Crippen LogP contribution in [0.2, 0.25) is 0 Å². The Hall–Kier alpha value is -1.09. The molecule has 2 unspecified atom stereocenters. The zero-order valence-corrected chi connectivity index (χ0v) is 11.6. The molecule has 2 aliphatic heterocycles. The highest BCUT2D eigenvalue weighted by Gasteiger charge is 2.38. The number of piperazine rings is 1. The zero-order valence-electron chi connectivity index (χ0n) is 11.6. The van der Waals surface area contributed by atoms with Crippen LogP contribution in [0.15, 0.2) is 24.3 Å². The normalized spacial score (nSPS) is 26.8. The van der Waals surface area contributed by atoms with Crippen molar-refractivity contribution >= 4 is 5.69 Å². The summed E-state index contributed by atoms with van der Waals surface area (Å²) in [6, 6.07) is 8.18. The number of nitrogens with zero attached hydrogens (tertiary/aromatic N) is 2. The van der Waals surface area contributed by atoms with Crippen LogP contribution in [0.3, 0.4) is 0 Å². The molecular formula is C15H23FN2. The first-order valence-corrected chi connectivity index (χ1v) is 6.96.